The van der Waals surface area contributed by atoms with Crippen LogP contribution in [0, 0.1) is 22.7 Å². The number of hydrogen-bond donors (Lipinski definition) is 1. The fraction of sp³-hybridized carbons (Fsp3) is 0.900. The highest BCUT2D eigenvalue weighted by molar-refractivity contribution is 7.59. The van der Waals surface area contributed by atoms with Gasteiger partial charge in [-0.1, -0.05) is 34.6 Å². The van der Waals surface area contributed by atoms with E-state index in [-0.39, 0.29) is 30.2 Å². The number of carboxylic acids is 1. The van der Waals surface area contributed by atoms with E-state index in [1.54, 1.807) is 0 Å². The first kappa shape index (κ1) is 12.8. The standard InChI is InChI=1S/C10H18O2.H2S/c1-6(8(11)12)7-9(2,3)10(7,4)5;/h6-7H,1-5H3,(H,11,12);1H2/t6-;/m0./s1. The second-order valence-electron chi connectivity index (χ2n) is 5.05. The summed E-state index contributed by atoms with van der Waals surface area (Å²) in [5.74, 6) is -0.559. The Balaban J connectivity index is 0.00000144. The highest BCUT2D eigenvalue weighted by Gasteiger charge is 2.67. The van der Waals surface area contributed by atoms with E-state index in [9.17, 15) is 4.79 Å². The maximum absolute atomic E-state index is 10.8. The number of carboxylic acid groups (broad SMARTS) is 1. The number of carbonyl (C=O) groups is 1. The van der Waals surface area contributed by atoms with Gasteiger partial charge >= 0.3 is 5.97 Å². The lowest BCUT2D eigenvalue weighted by atomic mass is 9.99. The SMILES string of the molecule is C[C@H](C(=O)O)C1C(C)(C)C1(C)C.S. The van der Waals surface area contributed by atoms with Crippen molar-refractivity contribution in [1.29, 1.82) is 0 Å². The summed E-state index contributed by atoms with van der Waals surface area (Å²) >= 11 is 0. The summed E-state index contributed by atoms with van der Waals surface area (Å²) < 4.78 is 0. The summed E-state index contributed by atoms with van der Waals surface area (Å²) in [6, 6.07) is 0. The average Bonchev–Trinajstić information content (AvgIpc) is 2.23. The molecule has 1 saturated carbocycles. The molecule has 0 radical (unpaired) electrons. The van der Waals surface area contributed by atoms with Crippen LogP contribution < -0.4 is 0 Å². The fourth-order valence-corrected chi connectivity index (χ4v) is 2.64. The van der Waals surface area contributed by atoms with Crippen LogP contribution in [0.2, 0.25) is 0 Å². The molecular formula is C10H20O2S. The Morgan fingerprint density at radius 3 is 1.62 bits per heavy atom. The van der Waals surface area contributed by atoms with Gasteiger partial charge in [0.25, 0.3) is 0 Å². The molecule has 78 valence electrons. The number of aliphatic carboxylic acids is 1. The van der Waals surface area contributed by atoms with Crippen molar-refractivity contribution in [2.24, 2.45) is 22.7 Å². The van der Waals surface area contributed by atoms with Crippen molar-refractivity contribution in [1.82, 2.24) is 0 Å². The average molecular weight is 204 g/mol. The van der Waals surface area contributed by atoms with E-state index in [0.717, 1.165) is 0 Å². The van der Waals surface area contributed by atoms with Crippen molar-refractivity contribution in [2.45, 2.75) is 34.6 Å². The molecular weight excluding hydrogens is 184 g/mol. The Morgan fingerprint density at radius 1 is 1.23 bits per heavy atom. The van der Waals surface area contributed by atoms with Crippen molar-refractivity contribution >= 4 is 19.5 Å². The first-order chi connectivity index (χ1) is 5.23. The summed E-state index contributed by atoms with van der Waals surface area (Å²) in [4.78, 5) is 10.8. The summed E-state index contributed by atoms with van der Waals surface area (Å²) in [5, 5.41) is 8.86. The predicted molar refractivity (Wildman–Crippen MR) is 58.2 cm³/mol. The minimum Gasteiger partial charge on any atom is -0.481 e. The third-order valence-corrected chi connectivity index (χ3v) is 4.02. The van der Waals surface area contributed by atoms with Crippen molar-refractivity contribution in [3.8, 4) is 0 Å². The number of rotatable bonds is 2. The maximum Gasteiger partial charge on any atom is 0.306 e. The molecule has 3 heteroatoms. The molecule has 1 aliphatic rings. The Labute approximate surface area is 87.2 Å². The molecule has 1 rings (SSSR count). The van der Waals surface area contributed by atoms with Gasteiger partial charge in [0.15, 0.2) is 0 Å². The van der Waals surface area contributed by atoms with Crippen molar-refractivity contribution in [3.63, 3.8) is 0 Å². The second-order valence-corrected chi connectivity index (χ2v) is 5.05. The van der Waals surface area contributed by atoms with E-state index in [4.69, 9.17) is 5.11 Å². The molecule has 0 bridgehead atoms. The first-order valence-electron chi connectivity index (χ1n) is 4.45. The van der Waals surface area contributed by atoms with Gasteiger partial charge < -0.3 is 5.11 Å². The molecule has 1 aliphatic carbocycles. The van der Waals surface area contributed by atoms with Gasteiger partial charge in [-0.25, -0.2) is 0 Å². The zero-order chi connectivity index (χ0) is 9.73. The van der Waals surface area contributed by atoms with Crippen LogP contribution in [-0.4, -0.2) is 11.1 Å². The Hall–Kier alpha value is -0.180. The van der Waals surface area contributed by atoms with Crippen LogP contribution in [0.3, 0.4) is 0 Å². The minimum atomic E-state index is -0.668. The quantitative estimate of drug-likeness (QED) is 0.750. The fourth-order valence-electron chi connectivity index (χ4n) is 2.64. The highest BCUT2D eigenvalue weighted by Crippen LogP contribution is 2.71. The highest BCUT2D eigenvalue weighted by atomic mass is 32.1. The molecule has 0 aromatic heterocycles. The lowest BCUT2D eigenvalue weighted by molar-refractivity contribution is -0.142. The lowest BCUT2D eigenvalue weighted by Gasteiger charge is -2.06. The van der Waals surface area contributed by atoms with Gasteiger partial charge in [0.05, 0.1) is 5.92 Å². The van der Waals surface area contributed by atoms with E-state index in [0.29, 0.717) is 5.92 Å². The monoisotopic (exact) mass is 204 g/mol. The van der Waals surface area contributed by atoms with Gasteiger partial charge in [-0.05, 0) is 16.7 Å². The van der Waals surface area contributed by atoms with Crippen LogP contribution in [0.1, 0.15) is 34.6 Å². The molecule has 0 aromatic rings. The van der Waals surface area contributed by atoms with Crippen LogP contribution in [0.5, 0.6) is 0 Å². The Morgan fingerprint density at radius 2 is 1.54 bits per heavy atom. The van der Waals surface area contributed by atoms with E-state index in [2.05, 4.69) is 27.7 Å². The molecule has 0 aromatic carbocycles. The summed E-state index contributed by atoms with van der Waals surface area (Å²) in [5.41, 5.74) is 0.371. The zero-order valence-electron chi connectivity index (χ0n) is 9.01. The molecule has 0 heterocycles. The van der Waals surface area contributed by atoms with Crippen LogP contribution in [0.15, 0.2) is 0 Å². The largest absolute Gasteiger partial charge is 0.481 e. The molecule has 0 amide bonds. The van der Waals surface area contributed by atoms with Crippen LogP contribution in [0.25, 0.3) is 0 Å². The topological polar surface area (TPSA) is 37.3 Å². The van der Waals surface area contributed by atoms with Gasteiger partial charge in [0.1, 0.15) is 0 Å². The molecule has 13 heavy (non-hydrogen) atoms. The summed E-state index contributed by atoms with van der Waals surface area (Å²) in [7, 11) is 0. The lowest BCUT2D eigenvalue weighted by Crippen LogP contribution is -2.15. The molecule has 2 nitrogen and oxygen atoms in total. The van der Waals surface area contributed by atoms with Gasteiger partial charge in [0.2, 0.25) is 0 Å². The molecule has 1 N–H and O–H groups in total. The van der Waals surface area contributed by atoms with Gasteiger partial charge in [0, 0.05) is 0 Å². The molecule has 1 atom stereocenters. The second kappa shape index (κ2) is 3.19. The summed E-state index contributed by atoms with van der Waals surface area (Å²) in [6.45, 7) is 10.4. The molecule has 0 unspecified atom stereocenters. The Bertz CT molecular complexity index is 207. The van der Waals surface area contributed by atoms with E-state index >= 15 is 0 Å². The maximum atomic E-state index is 10.8. The van der Waals surface area contributed by atoms with Crippen LogP contribution in [0.4, 0.5) is 0 Å². The smallest absolute Gasteiger partial charge is 0.306 e. The third kappa shape index (κ3) is 1.58. The molecule has 0 saturated heterocycles. The predicted octanol–water partition coefficient (Wildman–Crippen LogP) is 2.50. The van der Waals surface area contributed by atoms with Crippen LogP contribution >= 0.6 is 13.5 Å². The van der Waals surface area contributed by atoms with Crippen molar-refractivity contribution < 1.29 is 9.90 Å². The van der Waals surface area contributed by atoms with Crippen molar-refractivity contribution in [2.75, 3.05) is 0 Å². The van der Waals surface area contributed by atoms with E-state index < -0.39 is 5.97 Å². The molecule has 1 fully saturated rings. The zero-order valence-corrected chi connectivity index (χ0v) is 10.0. The molecule has 0 spiro atoms. The third-order valence-electron chi connectivity index (χ3n) is 4.02. The van der Waals surface area contributed by atoms with Gasteiger partial charge in [-0.2, -0.15) is 13.5 Å². The number of hydrogen-bond acceptors (Lipinski definition) is 1. The first-order valence-corrected chi connectivity index (χ1v) is 4.45. The summed E-state index contributed by atoms with van der Waals surface area (Å²) in [6.07, 6.45) is 0. The normalized spacial score (nSPS) is 25.9. The van der Waals surface area contributed by atoms with Gasteiger partial charge in [-0.15, -0.1) is 0 Å². The van der Waals surface area contributed by atoms with E-state index in [1.165, 1.54) is 0 Å². The van der Waals surface area contributed by atoms with Gasteiger partial charge in [-0.3, -0.25) is 4.79 Å². The molecule has 0 aliphatic heterocycles. The Kier molecular flexibility index (Phi) is 3.15. The van der Waals surface area contributed by atoms with Crippen LogP contribution in [-0.2, 0) is 4.79 Å². The van der Waals surface area contributed by atoms with Crippen molar-refractivity contribution in [3.05, 3.63) is 0 Å². The van der Waals surface area contributed by atoms with E-state index in [1.807, 2.05) is 6.92 Å². The minimum absolute atomic E-state index is 0.